The van der Waals surface area contributed by atoms with Gasteiger partial charge in [-0.2, -0.15) is 4.31 Å². The number of halogens is 1. The van der Waals surface area contributed by atoms with Crippen LogP contribution in [0.4, 0.5) is 10.1 Å². The summed E-state index contributed by atoms with van der Waals surface area (Å²) in [4.78, 5) is 11.8. The van der Waals surface area contributed by atoms with Crippen molar-refractivity contribution >= 4 is 15.7 Å². The van der Waals surface area contributed by atoms with Crippen molar-refractivity contribution in [1.82, 2.24) is 4.31 Å². The third kappa shape index (κ3) is 4.24. The Labute approximate surface area is 156 Å². The van der Waals surface area contributed by atoms with E-state index in [4.69, 9.17) is 4.74 Å². The molecule has 0 bridgehead atoms. The van der Waals surface area contributed by atoms with E-state index in [9.17, 15) is 22.9 Å². The number of hydrogen-bond donors (Lipinski definition) is 1. The number of nitrogens with one attached hydrogen (secondary N) is 1. The molecule has 8 nitrogen and oxygen atoms in total. The summed E-state index contributed by atoms with van der Waals surface area (Å²) in [5, 5.41) is 11.4. The standard InChI is InChI=1S/C17H18FN3O5S/c1-19-7-9-20(10-8-19)27(24,25)15-5-6-17(16(12-15)21(22)23)26-14-4-2-3-13(18)11-14/h2-6,11-12H,7-10H2,1H3/p+1. The van der Waals surface area contributed by atoms with Gasteiger partial charge < -0.3 is 9.64 Å². The molecule has 0 spiro atoms. The fourth-order valence-corrected chi connectivity index (χ4v) is 4.26. The van der Waals surface area contributed by atoms with Gasteiger partial charge in [-0.1, -0.05) is 6.07 Å². The molecular weight excluding hydrogens is 377 g/mol. The van der Waals surface area contributed by atoms with Gasteiger partial charge in [-0.3, -0.25) is 10.1 Å². The summed E-state index contributed by atoms with van der Waals surface area (Å²) in [6.07, 6.45) is 0. The topological polar surface area (TPSA) is 94.2 Å². The van der Waals surface area contributed by atoms with Crippen LogP contribution in [0.15, 0.2) is 47.4 Å². The molecule has 1 aliphatic rings. The Morgan fingerprint density at radius 2 is 1.89 bits per heavy atom. The lowest BCUT2D eigenvalue weighted by molar-refractivity contribution is -0.883. The molecule has 2 aromatic rings. The van der Waals surface area contributed by atoms with Crippen molar-refractivity contribution in [1.29, 1.82) is 0 Å². The minimum absolute atomic E-state index is 0.0794. The molecule has 0 radical (unpaired) electrons. The number of nitro benzene ring substituents is 1. The summed E-state index contributed by atoms with van der Waals surface area (Å²) in [6, 6.07) is 8.62. The van der Waals surface area contributed by atoms with Gasteiger partial charge in [0, 0.05) is 12.1 Å². The largest absolute Gasteiger partial charge is 0.450 e. The van der Waals surface area contributed by atoms with Crippen LogP contribution in [0, 0.1) is 15.9 Å². The van der Waals surface area contributed by atoms with Crippen molar-refractivity contribution in [2.45, 2.75) is 4.90 Å². The van der Waals surface area contributed by atoms with Gasteiger partial charge in [0.15, 0.2) is 0 Å². The van der Waals surface area contributed by atoms with E-state index in [2.05, 4.69) is 0 Å². The van der Waals surface area contributed by atoms with E-state index in [0.29, 0.717) is 26.2 Å². The maximum Gasteiger partial charge on any atom is 0.312 e. The van der Waals surface area contributed by atoms with Gasteiger partial charge in [0.05, 0.1) is 43.0 Å². The van der Waals surface area contributed by atoms with Crippen LogP contribution in [0.3, 0.4) is 0 Å². The van der Waals surface area contributed by atoms with Crippen LogP contribution < -0.4 is 9.64 Å². The van der Waals surface area contributed by atoms with Crippen LogP contribution in [0.5, 0.6) is 11.5 Å². The molecule has 144 valence electrons. The molecule has 1 N–H and O–H groups in total. The molecule has 1 heterocycles. The first-order valence-electron chi connectivity index (χ1n) is 8.30. The second kappa shape index (κ2) is 7.59. The molecule has 2 aromatic carbocycles. The number of hydrogen-bond acceptors (Lipinski definition) is 5. The number of sulfonamides is 1. The molecule has 1 fully saturated rings. The van der Waals surface area contributed by atoms with Crippen LogP contribution in [-0.2, 0) is 10.0 Å². The Kier molecular flexibility index (Phi) is 5.40. The SMILES string of the molecule is C[NH+]1CCN(S(=O)(=O)c2ccc(Oc3cccc(F)c3)c([N+](=O)[O-])c2)CC1. The number of quaternary nitrogens is 1. The highest BCUT2D eigenvalue weighted by Crippen LogP contribution is 2.34. The lowest BCUT2D eigenvalue weighted by atomic mass is 10.3. The number of benzene rings is 2. The normalized spacial score (nSPS) is 16.2. The predicted octanol–water partition coefficient (Wildman–Crippen LogP) is 1.05. The molecule has 1 saturated heterocycles. The summed E-state index contributed by atoms with van der Waals surface area (Å²) in [7, 11) is -1.86. The number of rotatable bonds is 5. The van der Waals surface area contributed by atoms with Gasteiger partial charge in [-0.05, 0) is 24.3 Å². The lowest BCUT2D eigenvalue weighted by Crippen LogP contribution is -3.12. The highest BCUT2D eigenvalue weighted by molar-refractivity contribution is 7.89. The first-order chi connectivity index (χ1) is 12.8. The Morgan fingerprint density at radius 1 is 1.19 bits per heavy atom. The van der Waals surface area contributed by atoms with Gasteiger partial charge >= 0.3 is 5.69 Å². The molecule has 0 unspecified atom stereocenters. The zero-order valence-electron chi connectivity index (χ0n) is 14.6. The van der Waals surface area contributed by atoms with Crippen molar-refractivity contribution in [2.75, 3.05) is 33.2 Å². The average molecular weight is 396 g/mol. The van der Waals surface area contributed by atoms with Crippen molar-refractivity contribution in [3.05, 3.63) is 58.4 Å². The number of piperazine rings is 1. The summed E-state index contributed by atoms with van der Waals surface area (Å²) in [6.45, 7) is 2.04. The number of ether oxygens (including phenoxy) is 1. The van der Waals surface area contributed by atoms with E-state index in [1.807, 2.05) is 7.05 Å². The molecular formula is C17H19FN3O5S+. The van der Waals surface area contributed by atoms with E-state index in [1.54, 1.807) is 0 Å². The second-order valence-electron chi connectivity index (χ2n) is 6.31. The number of nitrogens with zero attached hydrogens (tertiary/aromatic N) is 2. The molecule has 3 rings (SSSR count). The molecule has 10 heteroatoms. The van der Waals surface area contributed by atoms with E-state index < -0.39 is 26.5 Å². The molecule has 0 saturated carbocycles. The van der Waals surface area contributed by atoms with Gasteiger partial charge in [-0.25, -0.2) is 12.8 Å². The second-order valence-corrected chi connectivity index (χ2v) is 8.25. The quantitative estimate of drug-likeness (QED) is 0.602. The van der Waals surface area contributed by atoms with Gasteiger partial charge in [0.2, 0.25) is 15.8 Å². The summed E-state index contributed by atoms with van der Waals surface area (Å²) < 4.78 is 45.6. The van der Waals surface area contributed by atoms with Crippen molar-refractivity contribution < 1.29 is 27.4 Å². The van der Waals surface area contributed by atoms with Crippen LogP contribution in [0.1, 0.15) is 0 Å². The van der Waals surface area contributed by atoms with E-state index in [-0.39, 0.29) is 16.4 Å². The van der Waals surface area contributed by atoms with Crippen LogP contribution >= 0.6 is 0 Å². The third-order valence-corrected chi connectivity index (χ3v) is 6.26. The Balaban J connectivity index is 1.92. The summed E-state index contributed by atoms with van der Waals surface area (Å²) in [5.74, 6) is -0.630. The highest BCUT2D eigenvalue weighted by Gasteiger charge is 2.31. The first-order valence-corrected chi connectivity index (χ1v) is 9.75. The molecule has 0 aromatic heterocycles. The van der Waals surface area contributed by atoms with Gasteiger partial charge in [0.25, 0.3) is 0 Å². The fraction of sp³-hybridized carbons (Fsp3) is 0.294. The monoisotopic (exact) mass is 396 g/mol. The molecule has 27 heavy (non-hydrogen) atoms. The predicted molar refractivity (Wildman–Crippen MR) is 94.9 cm³/mol. The van der Waals surface area contributed by atoms with Gasteiger partial charge in [0.1, 0.15) is 11.6 Å². The number of likely N-dealkylation sites (N-methyl/N-ethyl adjacent to an activating group) is 1. The highest BCUT2D eigenvalue weighted by atomic mass is 32.2. The van der Waals surface area contributed by atoms with Crippen molar-refractivity contribution in [3.63, 3.8) is 0 Å². The van der Waals surface area contributed by atoms with Crippen molar-refractivity contribution in [2.24, 2.45) is 0 Å². The molecule has 0 amide bonds. The minimum atomic E-state index is -3.84. The Morgan fingerprint density at radius 3 is 2.52 bits per heavy atom. The van der Waals surface area contributed by atoms with Crippen molar-refractivity contribution in [3.8, 4) is 11.5 Å². The minimum Gasteiger partial charge on any atom is -0.450 e. The third-order valence-electron chi connectivity index (χ3n) is 4.36. The lowest BCUT2D eigenvalue weighted by Gasteiger charge is -2.29. The Hall–Kier alpha value is -2.56. The smallest absolute Gasteiger partial charge is 0.312 e. The zero-order valence-corrected chi connectivity index (χ0v) is 15.4. The summed E-state index contributed by atoms with van der Waals surface area (Å²) in [5.41, 5.74) is -0.500. The maximum absolute atomic E-state index is 13.3. The van der Waals surface area contributed by atoms with Crippen LogP contribution in [0.2, 0.25) is 0 Å². The van der Waals surface area contributed by atoms with E-state index >= 15 is 0 Å². The zero-order chi connectivity index (χ0) is 19.6. The molecule has 0 aliphatic carbocycles. The van der Waals surface area contributed by atoms with Crippen LogP contribution in [-0.4, -0.2) is 50.9 Å². The van der Waals surface area contributed by atoms with Crippen LogP contribution in [0.25, 0.3) is 0 Å². The molecule has 1 aliphatic heterocycles. The van der Waals surface area contributed by atoms with E-state index in [0.717, 1.165) is 12.1 Å². The molecule has 0 atom stereocenters. The Bertz CT molecular complexity index is 959. The number of nitro groups is 1. The first kappa shape index (κ1) is 19.2. The van der Waals surface area contributed by atoms with Gasteiger partial charge in [-0.15, -0.1) is 0 Å². The van der Waals surface area contributed by atoms with E-state index in [1.165, 1.54) is 39.5 Å². The average Bonchev–Trinajstić information content (AvgIpc) is 2.62. The fourth-order valence-electron chi connectivity index (χ4n) is 2.80. The summed E-state index contributed by atoms with van der Waals surface area (Å²) >= 11 is 0. The maximum atomic E-state index is 13.3.